The second kappa shape index (κ2) is 6.76. The first-order valence-corrected chi connectivity index (χ1v) is 7.61. The summed E-state index contributed by atoms with van der Waals surface area (Å²) in [6.45, 7) is 2.90. The van der Waals surface area contributed by atoms with E-state index in [9.17, 15) is 0 Å². The van der Waals surface area contributed by atoms with Gasteiger partial charge >= 0.3 is 0 Å². The van der Waals surface area contributed by atoms with E-state index in [0.717, 1.165) is 22.1 Å². The first-order chi connectivity index (χ1) is 9.13. The van der Waals surface area contributed by atoms with Gasteiger partial charge in [0.15, 0.2) is 0 Å². The molecule has 1 atom stereocenters. The maximum atomic E-state index is 6.31. The van der Waals surface area contributed by atoms with Gasteiger partial charge in [-0.1, -0.05) is 64.3 Å². The summed E-state index contributed by atoms with van der Waals surface area (Å²) >= 11 is 16.1. The molecule has 0 spiro atoms. The van der Waals surface area contributed by atoms with E-state index in [4.69, 9.17) is 23.2 Å². The highest BCUT2D eigenvalue weighted by Crippen LogP contribution is 2.34. The summed E-state index contributed by atoms with van der Waals surface area (Å²) in [7, 11) is 0. The summed E-state index contributed by atoms with van der Waals surface area (Å²) in [5.41, 5.74) is 2.06. The molecule has 0 bridgehead atoms. The van der Waals surface area contributed by atoms with Crippen LogP contribution in [0.5, 0.6) is 0 Å². The minimum absolute atomic E-state index is 0.000648. The number of nitrogens with one attached hydrogen (secondary N) is 1. The maximum absolute atomic E-state index is 6.31. The first-order valence-electron chi connectivity index (χ1n) is 6.06. The lowest BCUT2D eigenvalue weighted by atomic mass is 9.98. The molecule has 0 saturated heterocycles. The van der Waals surface area contributed by atoms with Gasteiger partial charge in [-0.25, -0.2) is 0 Å². The fraction of sp³-hybridized carbons (Fsp3) is 0.200. The van der Waals surface area contributed by atoms with Gasteiger partial charge in [-0.3, -0.25) is 0 Å². The molecular formula is C15H14BrCl2N. The van der Waals surface area contributed by atoms with Crippen molar-refractivity contribution in [2.45, 2.75) is 13.0 Å². The average Bonchev–Trinajstić information content (AvgIpc) is 2.38. The third-order valence-corrected chi connectivity index (χ3v) is 4.09. The van der Waals surface area contributed by atoms with Crippen molar-refractivity contribution < 1.29 is 0 Å². The van der Waals surface area contributed by atoms with Crippen LogP contribution >= 0.6 is 39.1 Å². The zero-order valence-electron chi connectivity index (χ0n) is 10.5. The normalized spacial score (nSPS) is 12.4. The van der Waals surface area contributed by atoms with Crippen LogP contribution in [0, 0.1) is 0 Å². The third-order valence-electron chi connectivity index (χ3n) is 2.90. The van der Waals surface area contributed by atoms with Gasteiger partial charge in [-0.15, -0.1) is 0 Å². The number of benzene rings is 2. The predicted molar refractivity (Wildman–Crippen MR) is 86.1 cm³/mol. The summed E-state index contributed by atoms with van der Waals surface area (Å²) in [5, 5.41) is 4.80. The molecule has 1 unspecified atom stereocenters. The van der Waals surface area contributed by atoms with Crippen LogP contribution in [0.4, 0.5) is 0 Å². The van der Waals surface area contributed by atoms with E-state index in [0.29, 0.717) is 10.0 Å². The molecule has 0 aliphatic heterocycles. The number of rotatable bonds is 4. The summed E-state index contributed by atoms with van der Waals surface area (Å²) in [6.07, 6.45) is 0. The van der Waals surface area contributed by atoms with Crippen molar-refractivity contribution >= 4 is 39.1 Å². The monoisotopic (exact) mass is 357 g/mol. The van der Waals surface area contributed by atoms with Crippen molar-refractivity contribution in [3.63, 3.8) is 0 Å². The van der Waals surface area contributed by atoms with Gasteiger partial charge in [-0.2, -0.15) is 0 Å². The van der Waals surface area contributed by atoms with E-state index in [-0.39, 0.29) is 6.04 Å². The van der Waals surface area contributed by atoms with E-state index < -0.39 is 0 Å². The molecule has 0 fully saturated rings. The zero-order chi connectivity index (χ0) is 13.8. The number of hydrogen-bond acceptors (Lipinski definition) is 1. The minimum atomic E-state index is -0.000648. The molecule has 0 aliphatic rings. The van der Waals surface area contributed by atoms with Crippen molar-refractivity contribution in [2.75, 3.05) is 6.54 Å². The van der Waals surface area contributed by atoms with Crippen LogP contribution in [-0.4, -0.2) is 6.54 Å². The van der Waals surface area contributed by atoms with E-state index in [1.807, 2.05) is 30.3 Å². The van der Waals surface area contributed by atoms with E-state index in [1.54, 1.807) is 0 Å². The molecule has 4 heteroatoms. The number of hydrogen-bond donors (Lipinski definition) is 1. The van der Waals surface area contributed by atoms with Crippen LogP contribution < -0.4 is 5.32 Å². The fourth-order valence-corrected chi connectivity index (χ4v) is 2.91. The Morgan fingerprint density at radius 3 is 2.16 bits per heavy atom. The molecule has 1 nitrogen and oxygen atoms in total. The van der Waals surface area contributed by atoms with Gasteiger partial charge in [0.2, 0.25) is 0 Å². The van der Waals surface area contributed by atoms with Crippen LogP contribution in [-0.2, 0) is 0 Å². The Hall–Kier alpha value is -0.540. The Morgan fingerprint density at radius 2 is 1.63 bits per heavy atom. The van der Waals surface area contributed by atoms with Gasteiger partial charge in [0.25, 0.3) is 0 Å². The van der Waals surface area contributed by atoms with Crippen LogP contribution in [0.25, 0.3) is 0 Å². The average molecular weight is 359 g/mol. The maximum Gasteiger partial charge on any atom is 0.0606 e. The van der Waals surface area contributed by atoms with Gasteiger partial charge in [0.1, 0.15) is 0 Å². The second-order valence-corrected chi connectivity index (χ2v) is 5.91. The largest absolute Gasteiger partial charge is 0.306 e. The standard InChI is InChI=1S/C15H14BrCl2N/c1-2-19-15(10-6-8-11(16)9-7-10)14-12(17)4-3-5-13(14)18/h3-9,15,19H,2H2,1H3. The molecule has 2 aromatic carbocycles. The third kappa shape index (κ3) is 3.51. The molecular weight excluding hydrogens is 345 g/mol. The molecule has 0 aromatic heterocycles. The topological polar surface area (TPSA) is 12.0 Å². The lowest BCUT2D eigenvalue weighted by Crippen LogP contribution is -2.22. The van der Waals surface area contributed by atoms with Crippen LogP contribution in [0.2, 0.25) is 10.0 Å². The van der Waals surface area contributed by atoms with E-state index in [2.05, 4.69) is 40.3 Å². The van der Waals surface area contributed by atoms with Crippen LogP contribution in [0.3, 0.4) is 0 Å². The Balaban J connectivity index is 2.48. The van der Waals surface area contributed by atoms with Crippen molar-refractivity contribution in [3.05, 3.63) is 68.1 Å². The Bertz CT molecular complexity index is 534. The van der Waals surface area contributed by atoms with Crippen molar-refractivity contribution in [1.82, 2.24) is 5.32 Å². The van der Waals surface area contributed by atoms with Crippen LogP contribution in [0.15, 0.2) is 46.9 Å². The molecule has 0 heterocycles. The van der Waals surface area contributed by atoms with Crippen molar-refractivity contribution in [1.29, 1.82) is 0 Å². The van der Waals surface area contributed by atoms with E-state index in [1.165, 1.54) is 0 Å². The molecule has 0 amide bonds. The molecule has 0 saturated carbocycles. The second-order valence-electron chi connectivity index (χ2n) is 4.18. The fourth-order valence-electron chi connectivity index (χ4n) is 2.03. The molecule has 0 radical (unpaired) electrons. The highest BCUT2D eigenvalue weighted by Gasteiger charge is 2.18. The van der Waals surface area contributed by atoms with Gasteiger partial charge in [-0.05, 0) is 36.4 Å². The quantitative estimate of drug-likeness (QED) is 0.765. The first kappa shape index (κ1) is 14.9. The van der Waals surface area contributed by atoms with Crippen LogP contribution in [0.1, 0.15) is 24.1 Å². The summed E-state index contributed by atoms with van der Waals surface area (Å²) in [6, 6.07) is 13.8. The lowest BCUT2D eigenvalue weighted by molar-refractivity contribution is 0.631. The zero-order valence-corrected chi connectivity index (χ0v) is 13.6. The Morgan fingerprint density at radius 1 is 1.05 bits per heavy atom. The molecule has 2 aromatic rings. The van der Waals surface area contributed by atoms with Gasteiger partial charge in [0.05, 0.1) is 6.04 Å². The number of halogens is 3. The molecule has 19 heavy (non-hydrogen) atoms. The molecule has 1 N–H and O–H groups in total. The molecule has 100 valence electrons. The van der Waals surface area contributed by atoms with Crippen molar-refractivity contribution in [3.8, 4) is 0 Å². The Labute approximate surface area is 132 Å². The smallest absolute Gasteiger partial charge is 0.0606 e. The van der Waals surface area contributed by atoms with E-state index >= 15 is 0 Å². The lowest BCUT2D eigenvalue weighted by Gasteiger charge is -2.21. The van der Waals surface area contributed by atoms with Crippen molar-refractivity contribution in [2.24, 2.45) is 0 Å². The highest BCUT2D eigenvalue weighted by atomic mass is 79.9. The summed E-state index contributed by atoms with van der Waals surface area (Å²) < 4.78 is 1.05. The SMILES string of the molecule is CCNC(c1ccc(Br)cc1)c1c(Cl)cccc1Cl. The van der Waals surface area contributed by atoms with Gasteiger partial charge in [0, 0.05) is 20.1 Å². The molecule has 2 rings (SSSR count). The molecule has 0 aliphatic carbocycles. The Kier molecular flexibility index (Phi) is 5.28. The predicted octanol–water partition coefficient (Wildman–Crippen LogP) is 5.45. The van der Waals surface area contributed by atoms with Gasteiger partial charge < -0.3 is 5.32 Å². The highest BCUT2D eigenvalue weighted by molar-refractivity contribution is 9.10. The summed E-state index contributed by atoms with van der Waals surface area (Å²) in [5.74, 6) is 0. The summed E-state index contributed by atoms with van der Waals surface area (Å²) in [4.78, 5) is 0. The minimum Gasteiger partial charge on any atom is -0.306 e.